The molecule has 0 saturated heterocycles. The van der Waals surface area contributed by atoms with Crippen molar-refractivity contribution >= 4 is 65.4 Å². The van der Waals surface area contributed by atoms with Gasteiger partial charge in [-0.3, -0.25) is 14.9 Å². The Hall–Kier alpha value is -3.40. The molecule has 0 saturated carbocycles. The van der Waals surface area contributed by atoms with Crippen molar-refractivity contribution in [3.8, 4) is 0 Å². The second-order valence-electron chi connectivity index (χ2n) is 8.93. The van der Waals surface area contributed by atoms with Gasteiger partial charge in [0, 0.05) is 24.0 Å². The highest BCUT2D eigenvalue weighted by Gasteiger charge is 2.16. The van der Waals surface area contributed by atoms with Crippen LogP contribution >= 0.6 is 23.8 Å². The predicted octanol–water partition coefficient (Wildman–Crippen LogP) is 5.61. The summed E-state index contributed by atoms with van der Waals surface area (Å²) in [4.78, 5) is 25.3. The van der Waals surface area contributed by atoms with E-state index in [9.17, 15) is 9.59 Å². The number of nitrogens with one attached hydrogen (secondary N) is 4. The first-order chi connectivity index (χ1) is 17.1. The molecule has 7 nitrogen and oxygen atoms in total. The van der Waals surface area contributed by atoms with Gasteiger partial charge in [0.1, 0.15) is 0 Å². The third kappa shape index (κ3) is 7.30. The normalized spacial score (nSPS) is 10.8. The summed E-state index contributed by atoms with van der Waals surface area (Å²) < 4.78 is 4.99. The molecule has 0 aliphatic rings. The Bertz CT molecular complexity index is 1260. The Morgan fingerprint density at radius 2 is 1.61 bits per heavy atom. The molecule has 0 fully saturated rings. The lowest BCUT2D eigenvalue weighted by molar-refractivity contribution is 0.0976. The van der Waals surface area contributed by atoms with Gasteiger partial charge >= 0.3 is 7.62 Å². The summed E-state index contributed by atoms with van der Waals surface area (Å²) in [5.41, 5.74) is 3.60. The lowest BCUT2D eigenvalue weighted by atomic mass is 9.87. The summed E-state index contributed by atoms with van der Waals surface area (Å²) in [5, 5.41) is 12.0. The molecule has 185 valence electrons. The molecule has 0 unspecified atom stereocenters. The van der Waals surface area contributed by atoms with Gasteiger partial charge in [0.05, 0.1) is 16.3 Å². The van der Waals surface area contributed by atoms with Crippen LogP contribution in [0.25, 0.3) is 0 Å². The summed E-state index contributed by atoms with van der Waals surface area (Å²) in [7, 11) is 2.86. The molecular formula is C26H27BClN4O3S. The summed E-state index contributed by atoms with van der Waals surface area (Å²) in [5.74, 6) is -0.676. The van der Waals surface area contributed by atoms with E-state index in [1.807, 2.05) is 12.1 Å². The van der Waals surface area contributed by atoms with Crippen LogP contribution in [0, 0.1) is 0 Å². The second kappa shape index (κ2) is 12.0. The quantitative estimate of drug-likeness (QED) is 0.239. The molecule has 0 aliphatic heterocycles. The highest BCUT2D eigenvalue weighted by Crippen LogP contribution is 2.27. The number of rotatable bonds is 7. The van der Waals surface area contributed by atoms with E-state index in [0.29, 0.717) is 33.2 Å². The van der Waals surface area contributed by atoms with E-state index >= 15 is 0 Å². The monoisotopic (exact) mass is 521 g/mol. The molecule has 10 heteroatoms. The van der Waals surface area contributed by atoms with E-state index in [2.05, 4.69) is 41.9 Å². The molecule has 0 bridgehead atoms. The van der Waals surface area contributed by atoms with Crippen LogP contribution in [0.2, 0.25) is 5.02 Å². The highest BCUT2D eigenvalue weighted by molar-refractivity contribution is 7.80. The Kier molecular flexibility index (Phi) is 9.09. The standard InChI is InChI=1S/C26H27BClN4O3S/c1-26(2,3)17-11-9-16(10-12-17)23(33)31-25(36)29-18-13-14-21(22(15-18)32-27-35-4)30-24(34)19-7-5-6-8-20(19)28/h5-15,32H,1-4H3,(H,30,34)(H2,29,31,33,36). The fourth-order valence-corrected chi connectivity index (χ4v) is 3.70. The molecule has 0 aliphatic carbocycles. The Morgan fingerprint density at radius 3 is 2.25 bits per heavy atom. The lowest BCUT2D eigenvalue weighted by Gasteiger charge is -2.19. The van der Waals surface area contributed by atoms with Crippen LogP contribution in [-0.4, -0.2) is 31.7 Å². The number of halogens is 1. The molecule has 4 N–H and O–H groups in total. The largest absolute Gasteiger partial charge is 0.436 e. The molecule has 0 aromatic heterocycles. The molecule has 0 atom stereocenters. The minimum atomic E-state index is -0.359. The molecule has 3 rings (SSSR count). The summed E-state index contributed by atoms with van der Waals surface area (Å²) >= 11 is 11.5. The minimum absolute atomic E-state index is 0.00314. The van der Waals surface area contributed by atoms with Crippen LogP contribution in [0.3, 0.4) is 0 Å². The Morgan fingerprint density at radius 1 is 0.917 bits per heavy atom. The maximum absolute atomic E-state index is 12.7. The number of carbonyl (C=O) groups excluding carboxylic acids is 2. The third-order valence-corrected chi connectivity index (χ3v) is 5.75. The fourth-order valence-electron chi connectivity index (χ4n) is 3.27. The van der Waals surface area contributed by atoms with Gasteiger partial charge < -0.3 is 20.5 Å². The van der Waals surface area contributed by atoms with Crippen molar-refractivity contribution in [1.82, 2.24) is 5.32 Å². The first kappa shape index (κ1) is 27.2. The SMILES string of the molecule is CO[B]Nc1cc(NC(=S)NC(=O)c2ccc(C(C)(C)C)cc2)ccc1NC(=O)c1ccccc1Cl. The highest BCUT2D eigenvalue weighted by atomic mass is 35.5. The van der Waals surface area contributed by atoms with Crippen molar-refractivity contribution in [2.45, 2.75) is 26.2 Å². The molecule has 0 heterocycles. The lowest BCUT2D eigenvalue weighted by Crippen LogP contribution is -2.34. The van der Waals surface area contributed by atoms with Gasteiger partial charge in [-0.05, 0) is 65.7 Å². The number of amides is 2. The molecule has 3 aromatic carbocycles. The number of thiocarbonyl (C=S) groups is 1. The van der Waals surface area contributed by atoms with Crippen LogP contribution < -0.4 is 21.2 Å². The van der Waals surface area contributed by atoms with E-state index in [0.717, 1.165) is 5.56 Å². The molecule has 2 amide bonds. The number of anilines is 3. The predicted molar refractivity (Wildman–Crippen MR) is 151 cm³/mol. The van der Waals surface area contributed by atoms with E-state index in [1.54, 1.807) is 54.6 Å². The van der Waals surface area contributed by atoms with Gasteiger partial charge in [-0.15, -0.1) is 0 Å². The smallest absolute Gasteiger partial charge is 0.422 e. The van der Waals surface area contributed by atoms with Gasteiger partial charge in [-0.25, -0.2) is 0 Å². The summed E-state index contributed by atoms with van der Waals surface area (Å²) in [6.45, 7) is 6.34. The van der Waals surface area contributed by atoms with Crippen molar-refractivity contribution in [3.05, 3.63) is 88.4 Å². The van der Waals surface area contributed by atoms with Gasteiger partial charge in [0.15, 0.2) is 5.11 Å². The fraction of sp³-hybridized carbons (Fsp3) is 0.192. The minimum Gasteiger partial charge on any atom is -0.422 e. The number of carbonyl (C=O) groups is 2. The van der Waals surface area contributed by atoms with Crippen molar-refractivity contribution in [3.63, 3.8) is 0 Å². The zero-order valence-electron chi connectivity index (χ0n) is 20.4. The number of benzene rings is 3. The van der Waals surface area contributed by atoms with Crippen molar-refractivity contribution < 1.29 is 14.2 Å². The topological polar surface area (TPSA) is 91.5 Å². The first-order valence-corrected chi connectivity index (χ1v) is 11.9. The number of hydrogen-bond donors (Lipinski definition) is 4. The van der Waals surface area contributed by atoms with Gasteiger partial charge in [-0.2, -0.15) is 0 Å². The zero-order valence-corrected chi connectivity index (χ0v) is 22.0. The van der Waals surface area contributed by atoms with Gasteiger partial charge in [-0.1, -0.05) is 56.6 Å². The summed E-state index contributed by atoms with van der Waals surface area (Å²) in [6.07, 6.45) is 0. The first-order valence-electron chi connectivity index (χ1n) is 11.1. The van der Waals surface area contributed by atoms with Crippen LogP contribution in [0.4, 0.5) is 17.1 Å². The third-order valence-electron chi connectivity index (χ3n) is 5.22. The van der Waals surface area contributed by atoms with E-state index in [1.165, 1.54) is 14.7 Å². The average Bonchev–Trinajstić information content (AvgIpc) is 2.83. The maximum atomic E-state index is 12.7. The van der Waals surface area contributed by atoms with Gasteiger partial charge in [0.2, 0.25) is 0 Å². The molecule has 36 heavy (non-hydrogen) atoms. The molecule has 3 aromatic rings. The molecule has 0 spiro atoms. The maximum Gasteiger partial charge on any atom is 0.436 e. The van der Waals surface area contributed by atoms with Crippen molar-refractivity contribution in [2.24, 2.45) is 0 Å². The van der Waals surface area contributed by atoms with E-state index < -0.39 is 0 Å². The van der Waals surface area contributed by atoms with Crippen LogP contribution in [0.1, 0.15) is 47.1 Å². The summed E-state index contributed by atoms with van der Waals surface area (Å²) in [6, 6.07) is 19.3. The molecular weight excluding hydrogens is 495 g/mol. The van der Waals surface area contributed by atoms with E-state index in [-0.39, 0.29) is 22.3 Å². The second-order valence-corrected chi connectivity index (χ2v) is 9.74. The molecule has 1 radical (unpaired) electrons. The van der Waals surface area contributed by atoms with Crippen molar-refractivity contribution in [1.29, 1.82) is 0 Å². The zero-order chi connectivity index (χ0) is 26.3. The van der Waals surface area contributed by atoms with Crippen LogP contribution in [0.15, 0.2) is 66.7 Å². The van der Waals surface area contributed by atoms with Gasteiger partial charge in [0.25, 0.3) is 11.8 Å². The van der Waals surface area contributed by atoms with Crippen LogP contribution in [-0.2, 0) is 10.1 Å². The van der Waals surface area contributed by atoms with E-state index in [4.69, 9.17) is 28.5 Å². The Balaban J connectivity index is 1.70. The van der Waals surface area contributed by atoms with Crippen LogP contribution in [0.5, 0.6) is 0 Å². The Labute approximate surface area is 222 Å². The number of hydrogen-bond acceptors (Lipinski definition) is 5. The average molecular weight is 522 g/mol. The van der Waals surface area contributed by atoms with Crippen molar-refractivity contribution in [2.75, 3.05) is 23.0 Å².